The molecule has 0 saturated carbocycles. The summed E-state index contributed by atoms with van der Waals surface area (Å²) in [6.45, 7) is 7.58. The fourth-order valence-electron chi connectivity index (χ4n) is 2.75. The molecule has 8 heteroatoms. The number of amides is 1. The van der Waals surface area contributed by atoms with Crippen LogP contribution in [0.4, 0.5) is 5.69 Å². The molecule has 1 amide bonds. The molecule has 7 nitrogen and oxygen atoms in total. The minimum atomic E-state index is -3.86. The van der Waals surface area contributed by atoms with Crippen LogP contribution >= 0.6 is 0 Å². The first-order chi connectivity index (χ1) is 14.3. The highest BCUT2D eigenvalue weighted by molar-refractivity contribution is 7.92. The summed E-state index contributed by atoms with van der Waals surface area (Å²) in [5.41, 5.74) is 8.68. The monoisotopic (exact) mass is 422 g/mol. The summed E-state index contributed by atoms with van der Waals surface area (Å²) in [5, 5.41) is 0. The van der Waals surface area contributed by atoms with E-state index in [0.29, 0.717) is 17.1 Å². The van der Waals surface area contributed by atoms with Gasteiger partial charge < -0.3 is 0 Å². The Labute approximate surface area is 175 Å². The lowest BCUT2D eigenvalue weighted by Gasteiger charge is -2.13. The van der Waals surface area contributed by atoms with Gasteiger partial charge in [0, 0.05) is 11.8 Å². The van der Waals surface area contributed by atoms with Gasteiger partial charge in [-0.15, -0.1) is 0 Å². The van der Waals surface area contributed by atoms with Crippen molar-refractivity contribution in [3.8, 4) is 0 Å². The molecular formula is C22H22N4O3S. The smallest absolute Gasteiger partial charge is 0.269 e. The number of rotatable bonds is 7. The zero-order chi connectivity index (χ0) is 21.7. The van der Waals surface area contributed by atoms with Gasteiger partial charge in [0.15, 0.2) is 0 Å². The second-order valence-electron chi connectivity index (χ2n) is 6.72. The van der Waals surface area contributed by atoms with Crippen molar-refractivity contribution in [1.29, 1.82) is 0 Å². The normalized spacial score (nSPS) is 10.9. The Kier molecular flexibility index (Phi) is 6.17. The second-order valence-corrected chi connectivity index (χ2v) is 8.41. The summed E-state index contributed by atoms with van der Waals surface area (Å²) in [6.07, 6.45) is 1.61. The highest BCUT2D eigenvalue weighted by Crippen LogP contribution is 2.21. The summed E-state index contributed by atoms with van der Waals surface area (Å²) >= 11 is 0. The Morgan fingerprint density at radius 2 is 1.77 bits per heavy atom. The lowest BCUT2D eigenvalue weighted by Crippen LogP contribution is -2.36. The van der Waals surface area contributed by atoms with Gasteiger partial charge in [0.05, 0.1) is 22.0 Å². The summed E-state index contributed by atoms with van der Waals surface area (Å²) in [4.78, 5) is 16.6. The number of anilines is 1. The van der Waals surface area contributed by atoms with Crippen molar-refractivity contribution in [2.24, 2.45) is 0 Å². The molecule has 0 bridgehead atoms. The molecule has 0 fully saturated rings. The molecule has 154 valence electrons. The molecular weight excluding hydrogens is 400 g/mol. The van der Waals surface area contributed by atoms with E-state index in [1.54, 1.807) is 30.5 Å². The van der Waals surface area contributed by atoms with Gasteiger partial charge in [-0.3, -0.25) is 25.4 Å². The molecule has 0 atom stereocenters. The van der Waals surface area contributed by atoms with Crippen molar-refractivity contribution < 1.29 is 13.2 Å². The number of carbonyl (C=O) groups excluding carboxylic acids is 1. The van der Waals surface area contributed by atoms with Gasteiger partial charge in [-0.1, -0.05) is 36.4 Å². The van der Waals surface area contributed by atoms with Crippen LogP contribution in [0.1, 0.15) is 27.2 Å². The van der Waals surface area contributed by atoms with Crippen molar-refractivity contribution in [2.75, 3.05) is 4.72 Å². The summed E-state index contributed by atoms with van der Waals surface area (Å²) in [7, 11) is -3.86. The van der Waals surface area contributed by atoms with Crippen LogP contribution in [0.2, 0.25) is 0 Å². The van der Waals surface area contributed by atoms with Gasteiger partial charge in [0.25, 0.3) is 15.9 Å². The average molecular weight is 423 g/mol. The fraction of sp³-hybridized carbons (Fsp3) is 0.0909. The van der Waals surface area contributed by atoms with Crippen LogP contribution in [0.5, 0.6) is 0 Å². The summed E-state index contributed by atoms with van der Waals surface area (Å²) in [5.74, 6) is -0.504. The second kappa shape index (κ2) is 8.79. The number of pyridine rings is 1. The van der Waals surface area contributed by atoms with Crippen LogP contribution < -0.4 is 15.6 Å². The van der Waals surface area contributed by atoms with Crippen LogP contribution in [0, 0.1) is 13.8 Å². The number of carbonyl (C=O) groups is 1. The van der Waals surface area contributed by atoms with E-state index < -0.39 is 15.9 Å². The van der Waals surface area contributed by atoms with E-state index in [1.165, 1.54) is 24.3 Å². The number of hydrogen-bond donors (Lipinski definition) is 3. The third-order valence-electron chi connectivity index (χ3n) is 4.33. The zero-order valence-electron chi connectivity index (χ0n) is 16.6. The molecule has 3 rings (SSSR count). The van der Waals surface area contributed by atoms with E-state index in [0.717, 1.165) is 11.1 Å². The number of benzene rings is 2. The van der Waals surface area contributed by atoms with Gasteiger partial charge in [-0.25, -0.2) is 8.42 Å². The van der Waals surface area contributed by atoms with Crippen molar-refractivity contribution >= 4 is 27.3 Å². The first-order valence-electron chi connectivity index (χ1n) is 9.13. The fourth-order valence-corrected chi connectivity index (χ4v) is 3.92. The molecule has 0 unspecified atom stereocenters. The van der Waals surface area contributed by atoms with Crippen molar-refractivity contribution in [1.82, 2.24) is 15.8 Å². The maximum absolute atomic E-state index is 12.8. The number of hydrogen-bond acceptors (Lipinski definition) is 5. The summed E-state index contributed by atoms with van der Waals surface area (Å²) < 4.78 is 28.1. The first kappa shape index (κ1) is 21.1. The lowest BCUT2D eigenvalue weighted by molar-refractivity contribution is 0.0942. The number of nitrogens with one attached hydrogen (secondary N) is 3. The van der Waals surface area contributed by atoms with E-state index in [1.807, 2.05) is 26.0 Å². The molecule has 2 aromatic carbocycles. The largest absolute Gasteiger partial charge is 0.297 e. The quantitative estimate of drug-likeness (QED) is 0.507. The Balaban J connectivity index is 1.73. The van der Waals surface area contributed by atoms with Crippen LogP contribution in [0.3, 0.4) is 0 Å². The average Bonchev–Trinajstić information content (AvgIpc) is 2.74. The molecule has 0 radical (unpaired) electrons. The highest BCUT2D eigenvalue weighted by Gasteiger charge is 2.17. The van der Waals surface area contributed by atoms with E-state index in [2.05, 4.69) is 27.1 Å². The predicted molar refractivity (Wildman–Crippen MR) is 117 cm³/mol. The Morgan fingerprint density at radius 1 is 0.967 bits per heavy atom. The van der Waals surface area contributed by atoms with Crippen molar-refractivity contribution in [2.45, 2.75) is 18.7 Å². The molecule has 0 aliphatic rings. The standard InChI is InChI=1S/C22H22N4O3S/c1-15-10-11-20(16(2)13-15)26-30(28,29)19-8-6-7-18(14-19)22(27)25-24-17(3)21-9-4-5-12-23-21/h4-14,24,26H,3H2,1-2H3,(H,25,27). The van der Waals surface area contributed by atoms with Crippen molar-refractivity contribution in [3.63, 3.8) is 0 Å². The molecule has 30 heavy (non-hydrogen) atoms. The maximum Gasteiger partial charge on any atom is 0.269 e. The molecule has 3 N–H and O–H groups in total. The van der Waals surface area contributed by atoms with E-state index in [9.17, 15) is 13.2 Å². The molecule has 1 aromatic heterocycles. The first-order valence-corrected chi connectivity index (χ1v) is 10.6. The van der Waals surface area contributed by atoms with E-state index >= 15 is 0 Å². The van der Waals surface area contributed by atoms with Crippen LogP contribution in [0.25, 0.3) is 5.70 Å². The Morgan fingerprint density at radius 3 is 2.47 bits per heavy atom. The van der Waals surface area contributed by atoms with Gasteiger partial charge >= 0.3 is 0 Å². The molecule has 0 spiro atoms. The number of nitrogens with zero attached hydrogens (tertiary/aromatic N) is 1. The third-order valence-corrected chi connectivity index (χ3v) is 5.70. The predicted octanol–water partition coefficient (Wildman–Crippen LogP) is 3.40. The van der Waals surface area contributed by atoms with Gasteiger partial charge in [0.2, 0.25) is 0 Å². The Bertz CT molecular complexity index is 1190. The number of hydrazine groups is 1. The molecule has 0 aliphatic heterocycles. The molecule has 0 saturated heterocycles. The maximum atomic E-state index is 12.8. The van der Waals surface area contributed by atoms with Gasteiger partial charge in [-0.2, -0.15) is 0 Å². The molecule has 0 aliphatic carbocycles. The number of sulfonamides is 1. The highest BCUT2D eigenvalue weighted by atomic mass is 32.2. The number of aryl methyl sites for hydroxylation is 2. The topological polar surface area (TPSA) is 100 Å². The van der Waals surface area contributed by atoms with Gasteiger partial charge in [-0.05, 0) is 55.8 Å². The Hall–Kier alpha value is -3.65. The zero-order valence-corrected chi connectivity index (χ0v) is 17.5. The minimum Gasteiger partial charge on any atom is -0.297 e. The van der Waals surface area contributed by atoms with Crippen LogP contribution in [-0.4, -0.2) is 19.3 Å². The van der Waals surface area contributed by atoms with Crippen LogP contribution in [-0.2, 0) is 10.0 Å². The van der Waals surface area contributed by atoms with Crippen LogP contribution in [0.15, 0.2) is 78.3 Å². The van der Waals surface area contributed by atoms with E-state index in [-0.39, 0.29) is 10.5 Å². The van der Waals surface area contributed by atoms with Gasteiger partial charge in [0.1, 0.15) is 0 Å². The minimum absolute atomic E-state index is 0.0151. The SMILES string of the molecule is C=C(NNC(=O)c1cccc(S(=O)(=O)Nc2ccc(C)cc2C)c1)c1ccccn1. The lowest BCUT2D eigenvalue weighted by atomic mass is 10.1. The molecule has 1 heterocycles. The number of aromatic nitrogens is 1. The van der Waals surface area contributed by atoms with Crippen molar-refractivity contribution in [3.05, 3.63) is 95.8 Å². The molecule has 3 aromatic rings. The third kappa shape index (κ3) is 5.03. The van der Waals surface area contributed by atoms with E-state index in [4.69, 9.17) is 0 Å². The summed E-state index contributed by atoms with van der Waals surface area (Å²) in [6, 6.07) is 16.5.